The molecule has 1 nitrogen and oxygen atoms in total. The van der Waals surface area contributed by atoms with E-state index in [1.165, 1.54) is 24.3 Å². The van der Waals surface area contributed by atoms with Crippen LogP contribution in [0.2, 0.25) is 0 Å². The Labute approximate surface area is 56.9 Å². The molecule has 54 valence electrons. The van der Waals surface area contributed by atoms with Crippen molar-refractivity contribution >= 4 is 0 Å². The SMILES string of the molecule is Oc1ccc(C(F)F)cc1. The summed E-state index contributed by atoms with van der Waals surface area (Å²) in [6.07, 6.45) is -2.46. The van der Waals surface area contributed by atoms with Crippen molar-refractivity contribution in [3.63, 3.8) is 0 Å². The van der Waals surface area contributed by atoms with Gasteiger partial charge in [0.25, 0.3) is 6.43 Å². The predicted octanol–water partition coefficient (Wildman–Crippen LogP) is 2.33. The summed E-state index contributed by atoms with van der Waals surface area (Å²) in [6.45, 7) is 0. The lowest BCUT2D eigenvalue weighted by atomic mass is 10.2. The summed E-state index contributed by atoms with van der Waals surface area (Å²) in [7, 11) is 0. The van der Waals surface area contributed by atoms with Crippen LogP contribution < -0.4 is 0 Å². The molecule has 0 aromatic heterocycles. The van der Waals surface area contributed by atoms with Crippen molar-refractivity contribution in [3.8, 4) is 5.75 Å². The number of aromatic hydroxyl groups is 1. The highest BCUT2D eigenvalue weighted by Gasteiger charge is 2.04. The van der Waals surface area contributed by atoms with E-state index in [4.69, 9.17) is 5.11 Å². The molecule has 0 atom stereocenters. The Morgan fingerprint density at radius 2 is 1.60 bits per heavy atom. The smallest absolute Gasteiger partial charge is 0.263 e. The van der Waals surface area contributed by atoms with Crippen LogP contribution in [0.3, 0.4) is 0 Å². The molecular weight excluding hydrogens is 138 g/mol. The highest BCUT2D eigenvalue weighted by atomic mass is 19.3. The summed E-state index contributed by atoms with van der Waals surface area (Å²) in [5.74, 6) is 0.00407. The molecule has 0 unspecified atom stereocenters. The van der Waals surface area contributed by atoms with Crippen LogP contribution in [0.15, 0.2) is 24.3 Å². The Morgan fingerprint density at radius 1 is 1.10 bits per heavy atom. The molecule has 0 amide bonds. The molecule has 0 aliphatic heterocycles. The Balaban J connectivity index is 2.89. The van der Waals surface area contributed by atoms with Crippen LogP contribution in [0.25, 0.3) is 0 Å². The van der Waals surface area contributed by atoms with Gasteiger partial charge in [0, 0.05) is 5.56 Å². The monoisotopic (exact) mass is 144 g/mol. The first-order valence-electron chi connectivity index (χ1n) is 2.77. The highest BCUT2D eigenvalue weighted by Crippen LogP contribution is 2.20. The number of phenols is 1. The van der Waals surface area contributed by atoms with E-state index in [-0.39, 0.29) is 11.3 Å². The number of rotatable bonds is 1. The molecule has 0 saturated heterocycles. The van der Waals surface area contributed by atoms with Gasteiger partial charge < -0.3 is 5.11 Å². The summed E-state index contributed by atoms with van der Waals surface area (Å²) < 4.78 is 23.6. The zero-order valence-electron chi connectivity index (χ0n) is 5.09. The van der Waals surface area contributed by atoms with Crippen molar-refractivity contribution in [2.75, 3.05) is 0 Å². The molecular formula is C7H6F2O. The normalized spacial score (nSPS) is 10.3. The summed E-state index contributed by atoms with van der Waals surface area (Å²) in [5, 5.41) is 8.69. The van der Waals surface area contributed by atoms with Crippen LogP contribution in [0.1, 0.15) is 12.0 Å². The minimum Gasteiger partial charge on any atom is -0.508 e. The van der Waals surface area contributed by atoms with Crippen molar-refractivity contribution in [2.45, 2.75) is 6.43 Å². The molecule has 10 heavy (non-hydrogen) atoms. The second kappa shape index (κ2) is 2.64. The lowest BCUT2D eigenvalue weighted by Gasteiger charge is -1.97. The average molecular weight is 144 g/mol. The third kappa shape index (κ3) is 1.43. The quantitative estimate of drug-likeness (QED) is 0.641. The zero-order chi connectivity index (χ0) is 7.56. The fourth-order valence-electron chi connectivity index (χ4n) is 0.620. The number of phenolic OH excluding ortho intramolecular Hbond substituents is 1. The van der Waals surface area contributed by atoms with E-state index in [2.05, 4.69) is 0 Å². The van der Waals surface area contributed by atoms with E-state index >= 15 is 0 Å². The zero-order valence-corrected chi connectivity index (χ0v) is 5.09. The van der Waals surface area contributed by atoms with E-state index in [0.29, 0.717) is 0 Å². The predicted molar refractivity (Wildman–Crippen MR) is 33.1 cm³/mol. The van der Waals surface area contributed by atoms with Crippen LogP contribution in [-0.4, -0.2) is 5.11 Å². The first-order valence-corrected chi connectivity index (χ1v) is 2.77. The molecule has 1 aromatic rings. The molecule has 1 aromatic carbocycles. The van der Waals surface area contributed by atoms with Gasteiger partial charge in [-0.25, -0.2) is 8.78 Å². The minimum absolute atomic E-state index is 0.00407. The average Bonchev–Trinajstić information content (AvgIpc) is 1.88. The largest absolute Gasteiger partial charge is 0.508 e. The Morgan fingerprint density at radius 3 is 2.00 bits per heavy atom. The van der Waals surface area contributed by atoms with Gasteiger partial charge in [0.1, 0.15) is 5.75 Å². The van der Waals surface area contributed by atoms with Crippen LogP contribution in [0.5, 0.6) is 5.75 Å². The van der Waals surface area contributed by atoms with Crippen molar-refractivity contribution < 1.29 is 13.9 Å². The lowest BCUT2D eigenvalue weighted by Crippen LogP contribution is -1.80. The fraction of sp³-hybridized carbons (Fsp3) is 0.143. The minimum atomic E-state index is -2.46. The van der Waals surface area contributed by atoms with Gasteiger partial charge in [-0.2, -0.15) is 0 Å². The fourth-order valence-corrected chi connectivity index (χ4v) is 0.620. The summed E-state index contributed by atoms with van der Waals surface area (Å²) in [4.78, 5) is 0. The molecule has 1 N–H and O–H groups in total. The molecule has 0 aliphatic carbocycles. The van der Waals surface area contributed by atoms with Gasteiger partial charge in [-0.1, -0.05) is 0 Å². The number of hydrogen-bond donors (Lipinski definition) is 1. The second-order valence-corrected chi connectivity index (χ2v) is 1.89. The summed E-state index contributed by atoms with van der Waals surface area (Å²) >= 11 is 0. The Bertz CT molecular complexity index is 205. The number of halogens is 2. The first-order chi connectivity index (χ1) is 4.70. The Kier molecular flexibility index (Phi) is 1.85. The van der Waals surface area contributed by atoms with E-state index in [9.17, 15) is 8.78 Å². The van der Waals surface area contributed by atoms with Gasteiger partial charge in [0.2, 0.25) is 0 Å². The maximum absolute atomic E-state index is 11.8. The van der Waals surface area contributed by atoms with Crippen molar-refractivity contribution in [3.05, 3.63) is 29.8 Å². The standard InChI is InChI=1S/C7H6F2O/c8-7(9)5-1-3-6(10)4-2-5/h1-4,7,10H. The number of alkyl halides is 2. The van der Waals surface area contributed by atoms with E-state index in [1.54, 1.807) is 0 Å². The molecule has 0 bridgehead atoms. The summed E-state index contributed by atoms with van der Waals surface area (Å²) in [5.41, 5.74) is -0.0715. The molecule has 1 rings (SSSR count). The van der Waals surface area contributed by atoms with Crippen LogP contribution in [-0.2, 0) is 0 Å². The van der Waals surface area contributed by atoms with Gasteiger partial charge in [-0.3, -0.25) is 0 Å². The number of hydrogen-bond acceptors (Lipinski definition) is 1. The molecule has 0 radical (unpaired) electrons. The van der Waals surface area contributed by atoms with E-state index < -0.39 is 6.43 Å². The van der Waals surface area contributed by atoms with Gasteiger partial charge >= 0.3 is 0 Å². The lowest BCUT2D eigenvalue weighted by molar-refractivity contribution is 0.151. The van der Waals surface area contributed by atoms with E-state index in [0.717, 1.165) is 0 Å². The molecule has 0 heterocycles. The molecule has 0 fully saturated rings. The summed E-state index contributed by atoms with van der Waals surface area (Å²) in [6, 6.07) is 4.86. The maximum Gasteiger partial charge on any atom is 0.263 e. The third-order valence-corrected chi connectivity index (χ3v) is 1.15. The molecule has 0 saturated carbocycles. The third-order valence-electron chi connectivity index (χ3n) is 1.15. The van der Waals surface area contributed by atoms with Gasteiger partial charge in [-0.05, 0) is 24.3 Å². The van der Waals surface area contributed by atoms with Crippen molar-refractivity contribution in [1.82, 2.24) is 0 Å². The second-order valence-electron chi connectivity index (χ2n) is 1.89. The maximum atomic E-state index is 11.8. The highest BCUT2D eigenvalue weighted by molar-refractivity contribution is 5.26. The molecule has 3 heteroatoms. The first kappa shape index (κ1) is 6.99. The van der Waals surface area contributed by atoms with Gasteiger partial charge in [0.15, 0.2) is 0 Å². The van der Waals surface area contributed by atoms with Gasteiger partial charge in [-0.15, -0.1) is 0 Å². The van der Waals surface area contributed by atoms with Crippen LogP contribution >= 0.6 is 0 Å². The molecule has 0 spiro atoms. The van der Waals surface area contributed by atoms with Crippen molar-refractivity contribution in [1.29, 1.82) is 0 Å². The van der Waals surface area contributed by atoms with Crippen molar-refractivity contribution in [2.24, 2.45) is 0 Å². The van der Waals surface area contributed by atoms with Gasteiger partial charge in [0.05, 0.1) is 0 Å². The van der Waals surface area contributed by atoms with Crippen LogP contribution in [0.4, 0.5) is 8.78 Å². The number of benzene rings is 1. The Hall–Kier alpha value is -1.12. The topological polar surface area (TPSA) is 20.2 Å². The van der Waals surface area contributed by atoms with E-state index in [1.807, 2.05) is 0 Å². The van der Waals surface area contributed by atoms with Crippen LogP contribution in [0, 0.1) is 0 Å². The molecule has 0 aliphatic rings.